The maximum atomic E-state index is 13.7. The van der Waals surface area contributed by atoms with Crippen LogP contribution in [-0.4, -0.2) is 46.0 Å². The molecule has 1 atom stereocenters. The zero-order valence-electron chi connectivity index (χ0n) is 21.3. The molecule has 2 aromatic carbocycles. The van der Waals surface area contributed by atoms with Crippen molar-refractivity contribution in [2.24, 2.45) is 0 Å². The van der Waals surface area contributed by atoms with Crippen LogP contribution in [0.1, 0.15) is 67.6 Å². The van der Waals surface area contributed by atoms with Crippen LogP contribution in [0, 0.1) is 0 Å². The van der Waals surface area contributed by atoms with Gasteiger partial charge in [0.05, 0.1) is 25.8 Å². The summed E-state index contributed by atoms with van der Waals surface area (Å²) in [5.41, 5.74) is 3.55. The van der Waals surface area contributed by atoms with Crippen LogP contribution in [0.2, 0.25) is 0 Å². The molecule has 0 amide bonds. The van der Waals surface area contributed by atoms with Gasteiger partial charge in [0.2, 0.25) is 0 Å². The highest BCUT2D eigenvalue weighted by molar-refractivity contribution is 5.83. The Labute approximate surface area is 215 Å². The molecule has 9 nitrogen and oxygen atoms in total. The fourth-order valence-electron chi connectivity index (χ4n) is 6.00. The summed E-state index contributed by atoms with van der Waals surface area (Å²) >= 11 is 0. The summed E-state index contributed by atoms with van der Waals surface area (Å²) in [6.45, 7) is 0.808. The molecule has 0 spiro atoms. The average molecular weight is 501 g/mol. The first kappa shape index (κ1) is 23.5. The van der Waals surface area contributed by atoms with Crippen LogP contribution >= 0.6 is 0 Å². The van der Waals surface area contributed by atoms with Gasteiger partial charge in [-0.2, -0.15) is 0 Å². The highest BCUT2D eigenvalue weighted by atomic mass is 16.5. The Morgan fingerprint density at radius 1 is 1.00 bits per heavy atom. The molecular weight excluding hydrogens is 468 g/mol. The quantitative estimate of drug-likeness (QED) is 0.414. The third-order valence-electron chi connectivity index (χ3n) is 7.81. The van der Waals surface area contributed by atoms with E-state index in [1.165, 1.54) is 24.8 Å². The minimum atomic E-state index is -0.431. The summed E-state index contributed by atoms with van der Waals surface area (Å²) in [5, 5.41) is 14.0. The van der Waals surface area contributed by atoms with Gasteiger partial charge < -0.3 is 19.4 Å². The van der Waals surface area contributed by atoms with Gasteiger partial charge in [-0.3, -0.25) is 4.79 Å². The lowest BCUT2D eigenvalue weighted by Gasteiger charge is -2.38. The van der Waals surface area contributed by atoms with Gasteiger partial charge >= 0.3 is 0 Å². The molecule has 1 saturated carbocycles. The number of aromatic amines is 1. The number of methoxy groups -OCH3 is 2. The standard InChI is InChI=1S/C28H32N6O3/c1-36-24-16-19-15-21(28(35)29-22(19)17-25(24)37-2)26(33-14-8-10-18-9-6-7-13-23(18)33)27-30-31-32-34(27)20-11-4-3-5-12-20/h6-7,9,13,15-17,20,26H,3-5,8,10-12,14H2,1-2H3,(H,29,35)/t26-/m0/s1. The molecular formula is C28H32N6O3. The van der Waals surface area contributed by atoms with E-state index < -0.39 is 6.04 Å². The summed E-state index contributed by atoms with van der Waals surface area (Å²) in [4.78, 5) is 19.1. The molecule has 1 fully saturated rings. The predicted octanol–water partition coefficient (Wildman–Crippen LogP) is 4.58. The summed E-state index contributed by atoms with van der Waals surface area (Å²) in [6.07, 6.45) is 7.68. The highest BCUT2D eigenvalue weighted by Crippen LogP contribution is 2.39. The van der Waals surface area contributed by atoms with E-state index in [4.69, 9.17) is 9.47 Å². The number of aromatic nitrogens is 5. The lowest BCUT2D eigenvalue weighted by Crippen LogP contribution is -2.39. The molecule has 37 heavy (non-hydrogen) atoms. The molecule has 1 aliphatic carbocycles. The summed E-state index contributed by atoms with van der Waals surface area (Å²) in [6, 6.07) is 13.9. The van der Waals surface area contributed by atoms with E-state index in [9.17, 15) is 4.79 Å². The molecule has 2 aromatic heterocycles. The molecule has 9 heteroatoms. The van der Waals surface area contributed by atoms with Crippen molar-refractivity contribution in [3.63, 3.8) is 0 Å². The maximum Gasteiger partial charge on any atom is 0.254 e. The Kier molecular flexibility index (Phi) is 6.28. The third-order valence-corrected chi connectivity index (χ3v) is 7.81. The van der Waals surface area contributed by atoms with Crippen LogP contribution in [0.3, 0.4) is 0 Å². The molecule has 192 valence electrons. The van der Waals surface area contributed by atoms with Crippen molar-refractivity contribution in [3.05, 3.63) is 69.8 Å². The normalized spacial score (nSPS) is 17.0. The van der Waals surface area contributed by atoms with Crippen molar-refractivity contribution in [2.45, 2.75) is 57.0 Å². The molecule has 0 unspecified atom stereocenters. The number of hydrogen-bond acceptors (Lipinski definition) is 7. The number of rotatable bonds is 6. The number of aryl methyl sites for hydroxylation is 1. The van der Waals surface area contributed by atoms with Crippen LogP contribution in [0.5, 0.6) is 11.5 Å². The fraction of sp³-hybridized carbons (Fsp3) is 0.429. The maximum absolute atomic E-state index is 13.7. The van der Waals surface area contributed by atoms with Gasteiger partial charge in [-0.25, -0.2) is 4.68 Å². The fourth-order valence-corrected chi connectivity index (χ4v) is 6.00. The Bertz CT molecular complexity index is 1470. The molecule has 0 bridgehead atoms. The number of H-pyrrole nitrogens is 1. The molecule has 1 N–H and O–H groups in total. The Morgan fingerprint density at radius 3 is 2.59 bits per heavy atom. The van der Waals surface area contributed by atoms with Gasteiger partial charge in [0.1, 0.15) is 6.04 Å². The number of fused-ring (bicyclic) bond motifs is 2. The second-order valence-electron chi connectivity index (χ2n) is 9.95. The number of ether oxygens (including phenoxy) is 2. The van der Waals surface area contributed by atoms with Crippen LogP contribution < -0.4 is 19.9 Å². The van der Waals surface area contributed by atoms with E-state index in [1.54, 1.807) is 20.3 Å². The Morgan fingerprint density at radius 2 is 1.78 bits per heavy atom. The molecule has 2 aliphatic rings. The van der Waals surface area contributed by atoms with Gasteiger partial charge in [0, 0.05) is 29.2 Å². The van der Waals surface area contributed by atoms with Crippen LogP contribution in [0.25, 0.3) is 10.9 Å². The Hall–Kier alpha value is -3.88. The van der Waals surface area contributed by atoms with E-state index in [-0.39, 0.29) is 11.6 Å². The third kappa shape index (κ3) is 4.22. The van der Waals surface area contributed by atoms with Crippen molar-refractivity contribution in [3.8, 4) is 11.5 Å². The van der Waals surface area contributed by atoms with Crippen LogP contribution in [0.15, 0.2) is 47.3 Å². The Balaban J connectivity index is 1.55. The highest BCUT2D eigenvalue weighted by Gasteiger charge is 2.35. The number of pyridine rings is 1. The van der Waals surface area contributed by atoms with Gasteiger partial charge in [-0.1, -0.05) is 37.5 Å². The van der Waals surface area contributed by atoms with Gasteiger partial charge in [0.15, 0.2) is 17.3 Å². The molecule has 0 saturated heterocycles. The molecule has 3 heterocycles. The number of anilines is 1. The predicted molar refractivity (Wildman–Crippen MR) is 142 cm³/mol. The second-order valence-corrected chi connectivity index (χ2v) is 9.95. The topological polar surface area (TPSA) is 98.2 Å². The zero-order valence-corrected chi connectivity index (χ0v) is 21.3. The van der Waals surface area contributed by atoms with Crippen molar-refractivity contribution in [2.75, 3.05) is 25.7 Å². The van der Waals surface area contributed by atoms with Crippen molar-refractivity contribution >= 4 is 16.6 Å². The molecule has 0 radical (unpaired) electrons. The van der Waals surface area contributed by atoms with E-state index in [1.807, 2.05) is 16.8 Å². The van der Waals surface area contributed by atoms with Gasteiger partial charge in [-0.05, 0) is 59.9 Å². The van der Waals surface area contributed by atoms with Crippen molar-refractivity contribution < 1.29 is 9.47 Å². The van der Waals surface area contributed by atoms with Gasteiger partial charge in [-0.15, -0.1) is 5.10 Å². The second kappa shape index (κ2) is 9.88. The van der Waals surface area contributed by atoms with E-state index >= 15 is 0 Å². The van der Waals surface area contributed by atoms with Crippen molar-refractivity contribution in [1.29, 1.82) is 0 Å². The van der Waals surface area contributed by atoms with Gasteiger partial charge in [0.25, 0.3) is 5.56 Å². The van der Waals surface area contributed by atoms with E-state index in [2.05, 4.69) is 49.7 Å². The number of nitrogens with zero attached hydrogens (tertiary/aromatic N) is 5. The summed E-state index contributed by atoms with van der Waals surface area (Å²) in [7, 11) is 3.20. The summed E-state index contributed by atoms with van der Waals surface area (Å²) < 4.78 is 13.0. The first-order valence-corrected chi connectivity index (χ1v) is 13.1. The lowest BCUT2D eigenvalue weighted by molar-refractivity contribution is 0.313. The van der Waals surface area contributed by atoms with Crippen LogP contribution in [-0.2, 0) is 6.42 Å². The number of para-hydroxylation sites is 1. The minimum Gasteiger partial charge on any atom is -0.493 e. The smallest absolute Gasteiger partial charge is 0.254 e. The van der Waals surface area contributed by atoms with E-state index in [0.717, 1.165) is 43.3 Å². The lowest BCUT2D eigenvalue weighted by atomic mass is 9.94. The number of hydrogen-bond donors (Lipinski definition) is 1. The average Bonchev–Trinajstić information content (AvgIpc) is 3.43. The van der Waals surface area contributed by atoms with Crippen LogP contribution in [0.4, 0.5) is 5.69 Å². The van der Waals surface area contributed by atoms with Crippen molar-refractivity contribution in [1.82, 2.24) is 25.2 Å². The minimum absolute atomic E-state index is 0.161. The molecule has 1 aliphatic heterocycles. The molecule has 6 rings (SSSR count). The number of nitrogens with one attached hydrogen (secondary N) is 1. The largest absolute Gasteiger partial charge is 0.493 e. The SMILES string of the molecule is COc1cc2cc([C@@H](c3nnnn3C3CCCCC3)N3CCCc4ccccc43)c(=O)[nH]c2cc1OC. The first-order valence-electron chi connectivity index (χ1n) is 13.1. The summed E-state index contributed by atoms with van der Waals surface area (Å²) in [5.74, 6) is 1.90. The number of tetrazole rings is 1. The number of benzene rings is 2. The molecule has 4 aromatic rings. The zero-order chi connectivity index (χ0) is 25.4. The van der Waals surface area contributed by atoms with E-state index in [0.29, 0.717) is 28.4 Å². The first-order chi connectivity index (χ1) is 18.2. The monoisotopic (exact) mass is 500 g/mol.